The Bertz CT molecular complexity index is 1150. The van der Waals surface area contributed by atoms with Gasteiger partial charge in [-0.15, -0.1) is 0 Å². The molecule has 0 saturated carbocycles. The molecule has 0 aromatic heterocycles. The van der Waals surface area contributed by atoms with Crippen LogP contribution in [0, 0.1) is 17.0 Å². The summed E-state index contributed by atoms with van der Waals surface area (Å²) in [5.74, 6) is -0.958. The Morgan fingerprint density at radius 2 is 1.80 bits per heavy atom. The number of anilines is 1. The standard InChI is InChI=1S/C24H32N4O6S/c1-5-6-14-25-24(30)19(3)26(16-20-12-10-18(2)11-13-20)23(29)17-27(35(4,33)34)21-8-7-9-22(15-21)28(31)32/h7-13,15,19H,5-6,14,16-17H2,1-4H3,(H,25,30)/t19-/m1/s1. The van der Waals surface area contributed by atoms with Gasteiger partial charge in [0, 0.05) is 25.2 Å². The molecule has 10 nitrogen and oxygen atoms in total. The zero-order valence-electron chi connectivity index (χ0n) is 20.4. The average molecular weight is 505 g/mol. The van der Waals surface area contributed by atoms with Crippen LogP contribution in [0.15, 0.2) is 48.5 Å². The molecule has 190 valence electrons. The van der Waals surface area contributed by atoms with Crippen LogP contribution in [0.25, 0.3) is 0 Å². The van der Waals surface area contributed by atoms with E-state index in [1.165, 1.54) is 23.1 Å². The summed E-state index contributed by atoms with van der Waals surface area (Å²) in [5.41, 5.74) is 1.50. The Labute approximate surface area is 206 Å². The molecule has 2 aromatic rings. The molecule has 0 heterocycles. The topological polar surface area (TPSA) is 130 Å². The van der Waals surface area contributed by atoms with Crippen molar-refractivity contribution in [1.29, 1.82) is 0 Å². The van der Waals surface area contributed by atoms with Gasteiger partial charge in [-0.25, -0.2) is 8.42 Å². The van der Waals surface area contributed by atoms with Crippen molar-refractivity contribution < 1.29 is 22.9 Å². The number of unbranched alkanes of at least 4 members (excludes halogenated alkanes) is 1. The summed E-state index contributed by atoms with van der Waals surface area (Å²) in [6.45, 7) is 5.46. The lowest BCUT2D eigenvalue weighted by molar-refractivity contribution is -0.384. The van der Waals surface area contributed by atoms with Crippen LogP contribution in [0.3, 0.4) is 0 Å². The predicted molar refractivity (Wildman–Crippen MR) is 134 cm³/mol. The van der Waals surface area contributed by atoms with Gasteiger partial charge in [0.25, 0.3) is 5.69 Å². The Kier molecular flexibility index (Phi) is 9.76. The van der Waals surface area contributed by atoms with Crippen molar-refractivity contribution >= 4 is 33.2 Å². The number of sulfonamides is 1. The number of nitro benzene ring substituents is 1. The smallest absolute Gasteiger partial charge is 0.271 e. The summed E-state index contributed by atoms with van der Waals surface area (Å²) in [7, 11) is -3.97. The Morgan fingerprint density at radius 1 is 1.14 bits per heavy atom. The number of nitrogens with one attached hydrogen (secondary N) is 1. The van der Waals surface area contributed by atoms with E-state index < -0.39 is 33.4 Å². The fourth-order valence-electron chi connectivity index (χ4n) is 3.38. The molecule has 0 spiro atoms. The number of aryl methyl sites for hydroxylation is 1. The second-order valence-electron chi connectivity index (χ2n) is 8.37. The average Bonchev–Trinajstić information content (AvgIpc) is 2.81. The highest BCUT2D eigenvalue weighted by molar-refractivity contribution is 7.92. The van der Waals surface area contributed by atoms with Crippen LogP contribution in [0.5, 0.6) is 0 Å². The van der Waals surface area contributed by atoms with Gasteiger partial charge in [0.1, 0.15) is 12.6 Å². The van der Waals surface area contributed by atoms with Crippen LogP contribution in [0.1, 0.15) is 37.8 Å². The second-order valence-corrected chi connectivity index (χ2v) is 10.3. The number of carbonyl (C=O) groups excluding carboxylic acids is 2. The van der Waals surface area contributed by atoms with Crippen molar-refractivity contribution in [2.24, 2.45) is 0 Å². The van der Waals surface area contributed by atoms with E-state index in [1.807, 2.05) is 38.1 Å². The van der Waals surface area contributed by atoms with Gasteiger partial charge in [-0.05, 0) is 31.9 Å². The molecule has 11 heteroatoms. The molecule has 35 heavy (non-hydrogen) atoms. The van der Waals surface area contributed by atoms with Crippen molar-refractivity contribution in [1.82, 2.24) is 10.2 Å². The first-order valence-electron chi connectivity index (χ1n) is 11.3. The number of rotatable bonds is 12. The van der Waals surface area contributed by atoms with Gasteiger partial charge < -0.3 is 10.2 Å². The Morgan fingerprint density at radius 3 is 2.37 bits per heavy atom. The van der Waals surface area contributed by atoms with Crippen LogP contribution >= 0.6 is 0 Å². The third kappa shape index (κ3) is 8.06. The van der Waals surface area contributed by atoms with E-state index in [0.29, 0.717) is 6.54 Å². The Hall–Kier alpha value is -3.47. The lowest BCUT2D eigenvalue weighted by Gasteiger charge is -2.31. The molecular formula is C24H32N4O6S. The summed E-state index contributed by atoms with van der Waals surface area (Å²) in [6.07, 6.45) is 2.61. The molecule has 0 bridgehead atoms. The highest BCUT2D eigenvalue weighted by Crippen LogP contribution is 2.24. The zero-order chi connectivity index (χ0) is 26.2. The summed E-state index contributed by atoms with van der Waals surface area (Å²) in [5, 5.41) is 14.0. The normalized spacial score (nSPS) is 12.0. The van der Waals surface area contributed by atoms with Crippen LogP contribution < -0.4 is 9.62 Å². The number of amides is 2. The van der Waals surface area contributed by atoms with E-state index in [2.05, 4.69) is 5.32 Å². The number of carbonyl (C=O) groups is 2. The molecule has 1 atom stereocenters. The summed E-state index contributed by atoms with van der Waals surface area (Å²) in [6, 6.07) is 11.6. The molecule has 2 amide bonds. The SMILES string of the molecule is CCCCNC(=O)[C@@H](C)N(Cc1ccc(C)cc1)C(=O)CN(c1cccc([N+](=O)[O-])c1)S(C)(=O)=O. The van der Waals surface area contributed by atoms with E-state index in [0.717, 1.165) is 40.6 Å². The van der Waals surface area contributed by atoms with Crippen LogP contribution in [-0.2, 0) is 26.2 Å². The molecule has 0 aliphatic rings. The van der Waals surface area contributed by atoms with Crippen molar-refractivity contribution in [2.75, 3.05) is 23.7 Å². The maximum absolute atomic E-state index is 13.4. The number of nitrogens with zero attached hydrogens (tertiary/aromatic N) is 3. The summed E-state index contributed by atoms with van der Waals surface area (Å²) < 4.78 is 25.9. The van der Waals surface area contributed by atoms with Gasteiger partial charge in [-0.3, -0.25) is 24.0 Å². The van der Waals surface area contributed by atoms with Crippen molar-refractivity contribution in [3.63, 3.8) is 0 Å². The molecule has 0 unspecified atom stereocenters. The molecule has 0 fully saturated rings. The number of hydrogen-bond donors (Lipinski definition) is 1. The molecule has 1 N–H and O–H groups in total. The van der Waals surface area contributed by atoms with E-state index in [9.17, 15) is 28.1 Å². The van der Waals surface area contributed by atoms with E-state index >= 15 is 0 Å². The lowest BCUT2D eigenvalue weighted by Crippen LogP contribution is -2.51. The second kappa shape index (κ2) is 12.3. The molecule has 0 radical (unpaired) electrons. The first-order chi connectivity index (χ1) is 16.4. The van der Waals surface area contributed by atoms with Crippen LogP contribution in [0.2, 0.25) is 0 Å². The quantitative estimate of drug-likeness (QED) is 0.269. The van der Waals surface area contributed by atoms with Crippen molar-refractivity contribution in [3.8, 4) is 0 Å². The number of hydrogen-bond acceptors (Lipinski definition) is 6. The van der Waals surface area contributed by atoms with Gasteiger partial charge in [0.15, 0.2) is 0 Å². The first-order valence-corrected chi connectivity index (χ1v) is 13.1. The van der Waals surface area contributed by atoms with Crippen molar-refractivity contribution in [3.05, 3.63) is 69.8 Å². The minimum Gasteiger partial charge on any atom is -0.354 e. The minimum atomic E-state index is -3.97. The van der Waals surface area contributed by atoms with Crippen LogP contribution in [0.4, 0.5) is 11.4 Å². The Balaban J connectivity index is 2.38. The molecule has 0 saturated heterocycles. The van der Waals surface area contributed by atoms with Gasteiger partial charge in [-0.1, -0.05) is 49.2 Å². The molecule has 0 aliphatic carbocycles. The molecule has 2 aromatic carbocycles. The lowest BCUT2D eigenvalue weighted by atomic mass is 10.1. The predicted octanol–water partition coefficient (Wildman–Crippen LogP) is 3.00. The van der Waals surface area contributed by atoms with E-state index in [1.54, 1.807) is 6.92 Å². The fourth-order valence-corrected chi connectivity index (χ4v) is 4.23. The monoisotopic (exact) mass is 504 g/mol. The number of nitro groups is 1. The van der Waals surface area contributed by atoms with Gasteiger partial charge in [0.2, 0.25) is 21.8 Å². The van der Waals surface area contributed by atoms with Gasteiger partial charge in [-0.2, -0.15) is 0 Å². The largest absolute Gasteiger partial charge is 0.354 e. The molecule has 2 rings (SSSR count). The zero-order valence-corrected chi connectivity index (χ0v) is 21.2. The highest BCUT2D eigenvalue weighted by atomic mass is 32.2. The first kappa shape index (κ1) is 27.8. The van der Waals surface area contributed by atoms with E-state index in [4.69, 9.17) is 0 Å². The highest BCUT2D eigenvalue weighted by Gasteiger charge is 2.30. The fraction of sp³-hybridized carbons (Fsp3) is 0.417. The minimum absolute atomic E-state index is 0.00890. The third-order valence-electron chi connectivity index (χ3n) is 5.48. The maximum atomic E-state index is 13.4. The summed E-state index contributed by atoms with van der Waals surface area (Å²) in [4.78, 5) is 38.1. The van der Waals surface area contributed by atoms with Crippen molar-refractivity contribution in [2.45, 2.75) is 46.2 Å². The van der Waals surface area contributed by atoms with Gasteiger partial charge >= 0.3 is 0 Å². The third-order valence-corrected chi connectivity index (χ3v) is 6.62. The van der Waals surface area contributed by atoms with Gasteiger partial charge in [0.05, 0.1) is 16.9 Å². The summed E-state index contributed by atoms with van der Waals surface area (Å²) >= 11 is 0. The molecular weight excluding hydrogens is 472 g/mol. The number of non-ortho nitro benzene ring substituents is 1. The number of benzene rings is 2. The maximum Gasteiger partial charge on any atom is 0.271 e. The van der Waals surface area contributed by atoms with E-state index in [-0.39, 0.29) is 23.8 Å². The molecule has 0 aliphatic heterocycles. The van der Waals surface area contributed by atoms with Crippen LogP contribution in [-0.4, -0.2) is 55.4 Å².